The van der Waals surface area contributed by atoms with Crippen molar-refractivity contribution >= 4 is 15.8 Å². The first-order valence-corrected chi connectivity index (χ1v) is 7.99. The Labute approximate surface area is 109 Å². The Morgan fingerprint density at radius 1 is 1.39 bits per heavy atom. The number of rotatable bonds is 3. The van der Waals surface area contributed by atoms with E-state index in [1.54, 1.807) is 18.9 Å². The van der Waals surface area contributed by atoms with Crippen LogP contribution in [0.5, 0.6) is 0 Å². The highest BCUT2D eigenvalue weighted by Crippen LogP contribution is 2.19. The summed E-state index contributed by atoms with van der Waals surface area (Å²) in [5.41, 5.74) is -0.520. The molecule has 1 rings (SSSR count). The number of sulfone groups is 1. The Morgan fingerprint density at radius 2 is 1.94 bits per heavy atom. The molecule has 5 nitrogen and oxygen atoms in total. The monoisotopic (exact) mass is 277 g/mol. The van der Waals surface area contributed by atoms with Crippen molar-refractivity contribution in [2.75, 3.05) is 18.6 Å². The minimum absolute atomic E-state index is 0.0856. The summed E-state index contributed by atoms with van der Waals surface area (Å²) >= 11 is 0. The number of hydrogen-bond donors (Lipinski definition) is 0. The molecule has 2 unspecified atom stereocenters. The molecule has 0 N–H and O–H groups in total. The minimum Gasteiger partial charge on any atom is -0.459 e. The lowest BCUT2D eigenvalue weighted by atomic mass is 10.1. The number of ether oxygens (including phenoxy) is 1. The van der Waals surface area contributed by atoms with Gasteiger partial charge in [-0.25, -0.2) is 8.42 Å². The van der Waals surface area contributed by atoms with Crippen LogP contribution in [0.15, 0.2) is 0 Å². The number of esters is 1. The summed E-state index contributed by atoms with van der Waals surface area (Å²) in [6, 6.07) is -0.514. The lowest BCUT2D eigenvalue weighted by Gasteiger charge is -2.30. The van der Waals surface area contributed by atoms with Crippen LogP contribution in [0.25, 0.3) is 0 Å². The SMILES string of the molecule is CC(C(=O)OC(C)(C)C)N(C)C1CCS(=O)(=O)C1. The molecule has 0 radical (unpaired) electrons. The van der Waals surface area contributed by atoms with Crippen LogP contribution in [0, 0.1) is 0 Å². The molecule has 1 aliphatic rings. The van der Waals surface area contributed by atoms with Crippen LogP contribution in [0.2, 0.25) is 0 Å². The van der Waals surface area contributed by atoms with Gasteiger partial charge in [0, 0.05) is 6.04 Å². The van der Waals surface area contributed by atoms with E-state index >= 15 is 0 Å². The third-order valence-corrected chi connectivity index (χ3v) is 4.89. The Kier molecular flexibility index (Phi) is 4.43. The van der Waals surface area contributed by atoms with Gasteiger partial charge in [-0.2, -0.15) is 0 Å². The van der Waals surface area contributed by atoms with Crippen LogP contribution in [-0.4, -0.2) is 55.5 Å². The molecular formula is C12H23NO4S. The molecular weight excluding hydrogens is 254 g/mol. The number of nitrogens with zero attached hydrogens (tertiary/aromatic N) is 1. The molecule has 0 saturated carbocycles. The molecule has 0 bridgehead atoms. The van der Waals surface area contributed by atoms with Crippen LogP contribution in [-0.2, 0) is 19.4 Å². The molecule has 0 spiro atoms. The molecule has 1 fully saturated rings. The molecule has 106 valence electrons. The average molecular weight is 277 g/mol. The number of hydrogen-bond acceptors (Lipinski definition) is 5. The summed E-state index contributed by atoms with van der Waals surface area (Å²) in [7, 11) is -1.15. The van der Waals surface area contributed by atoms with E-state index in [-0.39, 0.29) is 23.5 Å². The van der Waals surface area contributed by atoms with Crippen molar-refractivity contribution < 1.29 is 17.9 Å². The second-order valence-electron chi connectivity index (χ2n) is 5.93. The first kappa shape index (κ1) is 15.4. The van der Waals surface area contributed by atoms with Gasteiger partial charge in [0.1, 0.15) is 11.6 Å². The summed E-state index contributed by atoms with van der Waals surface area (Å²) in [6.07, 6.45) is 0.589. The van der Waals surface area contributed by atoms with Crippen molar-refractivity contribution in [3.8, 4) is 0 Å². The highest BCUT2D eigenvalue weighted by molar-refractivity contribution is 7.91. The third-order valence-electron chi connectivity index (χ3n) is 3.14. The maximum atomic E-state index is 11.9. The molecule has 1 saturated heterocycles. The molecule has 6 heteroatoms. The molecule has 0 amide bonds. The summed E-state index contributed by atoms with van der Waals surface area (Å²) in [6.45, 7) is 7.20. The molecule has 1 heterocycles. The van der Waals surface area contributed by atoms with Gasteiger partial charge >= 0.3 is 5.97 Å². The number of carbonyl (C=O) groups is 1. The van der Waals surface area contributed by atoms with Gasteiger partial charge in [0.2, 0.25) is 0 Å². The molecule has 2 atom stereocenters. The van der Waals surface area contributed by atoms with Crippen LogP contribution in [0.1, 0.15) is 34.1 Å². The highest BCUT2D eigenvalue weighted by atomic mass is 32.2. The van der Waals surface area contributed by atoms with Crippen molar-refractivity contribution in [3.05, 3.63) is 0 Å². The van der Waals surface area contributed by atoms with Crippen LogP contribution >= 0.6 is 0 Å². The molecule has 18 heavy (non-hydrogen) atoms. The first-order chi connectivity index (χ1) is 8.02. The molecule has 1 aliphatic heterocycles. The van der Waals surface area contributed by atoms with Gasteiger partial charge in [0.05, 0.1) is 11.5 Å². The van der Waals surface area contributed by atoms with E-state index in [0.717, 1.165) is 0 Å². The van der Waals surface area contributed by atoms with Crippen molar-refractivity contribution in [3.63, 3.8) is 0 Å². The van der Waals surface area contributed by atoms with E-state index in [1.807, 2.05) is 20.8 Å². The Bertz CT molecular complexity index is 410. The molecule has 0 aromatic rings. The minimum atomic E-state index is -2.93. The number of likely N-dealkylation sites (N-methyl/N-ethyl adjacent to an activating group) is 1. The van der Waals surface area contributed by atoms with E-state index in [0.29, 0.717) is 6.42 Å². The summed E-state index contributed by atoms with van der Waals surface area (Å²) in [5, 5.41) is 0. The zero-order chi connectivity index (χ0) is 14.1. The van der Waals surface area contributed by atoms with Crippen molar-refractivity contribution in [2.45, 2.75) is 51.8 Å². The van der Waals surface area contributed by atoms with Gasteiger partial charge in [-0.3, -0.25) is 9.69 Å². The smallest absolute Gasteiger partial charge is 0.323 e. The van der Waals surface area contributed by atoms with Gasteiger partial charge in [-0.15, -0.1) is 0 Å². The fraction of sp³-hybridized carbons (Fsp3) is 0.917. The lowest BCUT2D eigenvalue weighted by Crippen LogP contribution is -2.46. The van der Waals surface area contributed by atoms with Gasteiger partial charge in [0.25, 0.3) is 0 Å². The maximum absolute atomic E-state index is 11.9. The van der Waals surface area contributed by atoms with Crippen molar-refractivity contribution in [1.82, 2.24) is 4.90 Å². The predicted molar refractivity (Wildman–Crippen MR) is 70.1 cm³/mol. The summed E-state index contributed by atoms with van der Waals surface area (Å²) in [5.74, 6) is 0.0361. The molecule has 0 aromatic heterocycles. The van der Waals surface area contributed by atoms with E-state index in [9.17, 15) is 13.2 Å². The molecule has 0 aliphatic carbocycles. The Morgan fingerprint density at radius 3 is 2.33 bits per heavy atom. The fourth-order valence-electron chi connectivity index (χ4n) is 1.97. The summed E-state index contributed by atoms with van der Waals surface area (Å²) < 4.78 is 28.1. The van der Waals surface area contributed by atoms with E-state index in [2.05, 4.69) is 0 Å². The second kappa shape index (κ2) is 5.17. The Hall–Kier alpha value is -0.620. The van der Waals surface area contributed by atoms with E-state index in [4.69, 9.17) is 4.74 Å². The van der Waals surface area contributed by atoms with Crippen LogP contribution < -0.4 is 0 Å². The van der Waals surface area contributed by atoms with E-state index in [1.165, 1.54) is 0 Å². The van der Waals surface area contributed by atoms with Gasteiger partial charge in [-0.05, 0) is 41.2 Å². The number of carbonyl (C=O) groups excluding carboxylic acids is 1. The average Bonchev–Trinajstić information content (AvgIpc) is 2.54. The third kappa shape index (κ3) is 4.24. The quantitative estimate of drug-likeness (QED) is 0.715. The lowest BCUT2D eigenvalue weighted by molar-refractivity contribution is -0.160. The van der Waals surface area contributed by atoms with E-state index < -0.39 is 21.5 Å². The largest absolute Gasteiger partial charge is 0.459 e. The maximum Gasteiger partial charge on any atom is 0.323 e. The standard InChI is InChI=1S/C12H23NO4S/c1-9(11(14)17-12(2,3)4)13(5)10-6-7-18(15,16)8-10/h9-10H,6-8H2,1-5H3. The summed E-state index contributed by atoms with van der Waals surface area (Å²) in [4.78, 5) is 13.7. The normalized spacial score (nSPS) is 25.1. The predicted octanol–water partition coefficient (Wildman–Crippen LogP) is 0.836. The zero-order valence-corrected chi connectivity index (χ0v) is 12.6. The topological polar surface area (TPSA) is 63.7 Å². The highest BCUT2D eigenvalue weighted by Gasteiger charge is 2.35. The zero-order valence-electron chi connectivity index (χ0n) is 11.8. The second-order valence-corrected chi connectivity index (χ2v) is 8.16. The molecule has 0 aromatic carbocycles. The van der Waals surface area contributed by atoms with Crippen LogP contribution in [0.3, 0.4) is 0 Å². The first-order valence-electron chi connectivity index (χ1n) is 6.17. The van der Waals surface area contributed by atoms with Crippen LogP contribution in [0.4, 0.5) is 0 Å². The van der Waals surface area contributed by atoms with Crippen molar-refractivity contribution in [2.24, 2.45) is 0 Å². The van der Waals surface area contributed by atoms with Crippen molar-refractivity contribution in [1.29, 1.82) is 0 Å². The van der Waals surface area contributed by atoms with Gasteiger partial charge < -0.3 is 4.74 Å². The Balaban J connectivity index is 2.62. The fourth-order valence-corrected chi connectivity index (χ4v) is 3.75. The van der Waals surface area contributed by atoms with Gasteiger partial charge in [-0.1, -0.05) is 0 Å². The van der Waals surface area contributed by atoms with Gasteiger partial charge in [0.15, 0.2) is 9.84 Å².